The van der Waals surface area contributed by atoms with E-state index in [1.807, 2.05) is 46.9 Å². The van der Waals surface area contributed by atoms with Gasteiger partial charge in [0.2, 0.25) is 5.78 Å². The molecule has 6 nitrogen and oxygen atoms in total. The molecule has 0 radical (unpaired) electrons. The Labute approximate surface area is 138 Å². The van der Waals surface area contributed by atoms with Crippen LogP contribution in [0.15, 0.2) is 53.3 Å². The highest BCUT2D eigenvalue weighted by Crippen LogP contribution is 2.17. The quantitative estimate of drug-likeness (QED) is 0.630. The average molecular weight is 319 g/mol. The summed E-state index contributed by atoms with van der Waals surface area (Å²) in [5.74, 6) is 1.31. The van der Waals surface area contributed by atoms with Gasteiger partial charge in [0.05, 0.1) is 17.4 Å². The summed E-state index contributed by atoms with van der Waals surface area (Å²) >= 11 is 0. The molecule has 2 aromatic carbocycles. The van der Waals surface area contributed by atoms with E-state index in [4.69, 9.17) is 0 Å². The summed E-state index contributed by atoms with van der Waals surface area (Å²) in [7, 11) is 1.72. The molecule has 2 aromatic heterocycles. The molecule has 0 aliphatic heterocycles. The molecular weight excluding hydrogens is 302 g/mol. The van der Waals surface area contributed by atoms with E-state index in [1.165, 1.54) is 10.1 Å². The molecule has 0 saturated heterocycles. The summed E-state index contributed by atoms with van der Waals surface area (Å²) in [5.41, 5.74) is 2.98. The van der Waals surface area contributed by atoms with E-state index in [0.717, 1.165) is 17.0 Å². The normalized spacial score (nSPS) is 11.2. The van der Waals surface area contributed by atoms with Crippen molar-refractivity contribution in [3.8, 4) is 0 Å². The van der Waals surface area contributed by atoms with Crippen LogP contribution in [0.2, 0.25) is 0 Å². The molecule has 0 saturated carbocycles. The number of rotatable bonds is 3. The number of para-hydroxylation sites is 2. The van der Waals surface area contributed by atoms with Crippen LogP contribution in [0, 0.1) is 6.92 Å². The Morgan fingerprint density at radius 1 is 1.04 bits per heavy atom. The Hall–Kier alpha value is -3.15. The lowest BCUT2D eigenvalue weighted by atomic mass is 10.2. The second-order valence-corrected chi connectivity index (χ2v) is 5.80. The van der Waals surface area contributed by atoms with Crippen LogP contribution in [0.25, 0.3) is 16.7 Å². The third-order valence-corrected chi connectivity index (χ3v) is 4.28. The first-order valence-corrected chi connectivity index (χ1v) is 7.78. The number of nitrogens with one attached hydrogen (secondary N) is 1. The predicted octanol–water partition coefficient (Wildman–Crippen LogP) is 2.50. The highest BCUT2D eigenvalue weighted by Gasteiger charge is 2.14. The molecule has 4 aromatic rings. The van der Waals surface area contributed by atoms with Crippen molar-refractivity contribution in [1.29, 1.82) is 0 Å². The van der Waals surface area contributed by atoms with E-state index in [2.05, 4.69) is 28.5 Å². The lowest BCUT2D eigenvalue weighted by Crippen LogP contribution is -2.20. The molecule has 0 aliphatic rings. The highest BCUT2D eigenvalue weighted by molar-refractivity contribution is 5.80. The molecule has 6 heteroatoms. The van der Waals surface area contributed by atoms with E-state index in [-0.39, 0.29) is 5.56 Å². The molecule has 0 unspecified atom stereocenters. The summed E-state index contributed by atoms with van der Waals surface area (Å²) in [4.78, 5) is 12.4. The van der Waals surface area contributed by atoms with Crippen molar-refractivity contribution >= 4 is 22.4 Å². The number of anilines is 1. The first-order valence-electron chi connectivity index (χ1n) is 7.78. The smallest absolute Gasteiger partial charge is 0.262 e. The minimum Gasteiger partial charge on any atom is -0.378 e. The van der Waals surface area contributed by atoms with Gasteiger partial charge >= 0.3 is 0 Å². The number of hydrogen-bond donors (Lipinski definition) is 1. The maximum absolute atomic E-state index is 12.4. The summed E-state index contributed by atoms with van der Waals surface area (Å²) in [6.45, 7) is 2.58. The number of aryl methyl sites for hydroxylation is 2. The monoisotopic (exact) mass is 319 g/mol. The van der Waals surface area contributed by atoms with Crippen LogP contribution in [0.4, 0.5) is 5.69 Å². The van der Waals surface area contributed by atoms with Crippen molar-refractivity contribution in [3.63, 3.8) is 0 Å². The largest absolute Gasteiger partial charge is 0.378 e. The standard InChI is InChI=1S/C18H17N5O/c1-12-7-3-5-9-14(12)19-11-16-20-21-18-22(2)17(24)13-8-4-6-10-15(13)23(16)18/h3-10,19H,11H2,1-2H3. The van der Waals surface area contributed by atoms with E-state index >= 15 is 0 Å². The molecule has 2 heterocycles. The first kappa shape index (κ1) is 14.4. The molecule has 0 aliphatic carbocycles. The molecule has 120 valence electrons. The van der Waals surface area contributed by atoms with E-state index in [9.17, 15) is 4.79 Å². The fourth-order valence-electron chi connectivity index (χ4n) is 2.95. The first-order chi connectivity index (χ1) is 11.7. The molecule has 1 N–H and O–H groups in total. The number of fused-ring (bicyclic) bond motifs is 3. The zero-order valence-electron chi connectivity index (χ0n) is 13.5. The number of hydrogen-bond acceptors (Lipinski definition) is 4. The van der Waals surface area contributed by atoms with Crippen molar-refractivity contribution in [3.05, 3.63) is 70.3 Å². The topological polar surface area (TPSA) is 64.2 Å². The maximum Gasteiger partial charge on any atom is 0.262 e. The van der Waals surface area contributed by atoms with Crippen LogP contribution in [-0.2, 0) is 13.6 Å². The van der Waals surface area contributed by atoms with Gasteiger partial charge in [-0.1, -0.05) is 30.3 Å². The Morgan fingerprint density at radius 2 is 1.79 bits per heavy atom. The molecule has 4 rings (SSSR count). The zero-order chi connectivity index (χ0) is 16.7. The van der Waals surface area contributed by atoms with E-state index in [1.54, 1.807) is 7.05 Å². The highest BCUT2D eigenvalue weighted by atomic mass is 16.1. The number of nitrogens with zero attached hydrogens (tertiary/aromatic N) is 4. The molecule has 0 fully saturated rings. The summed E-state index contributed by atoms with van der Waals surface area (Å²) in [6.07, 6.45) is 0. The lowest BCUT2D eigenvalue weighted by molar-refractivity contribution is 0.855. The Kier molecular flexibility index (Phi) is 3.30. The van der Waals surface area contributed by atoms with Gasteiger partial charge in [-0.2, -0.15) is 0 Å². The minimum atomic E-state index is -0.0658. The van der Waals surface area contributed by atoms with Crippen LogP contribution in [-0.4, -0.2) is 19.2 Å². The molecule has 0 spiro atoms. The fourth-order valence-corrected chi connectivity index (χ4v) is 2.95. The average Bonchev–Trinajstić information content (AvgIpc) is 3.03. The second kappa shape index (κ2) is 5.49. The van der Waals surface area contributed by atoms with Gasteiger partial charge in [-0.05, 0) is 30.7 Å². The van der Waals surface area contributed by atoms with Crippen molar-refractivity contribution in [2.45, 2.75) is 13.5 Å². The molecular formula is C18H17N5O. The fraction of sp³-hybridized carbons (Fsp3) is 0.167. The minimum absolute atomic E-state index is 0.0658. The Balaban J connectivity index is 1.85. The maximum atomic E-state index is 12.4. The van der Waals surface area contributed by atoms with Crippen LogP contribution in [0.5, 0.6) is 0 Å². The Bertz CT molecular complexity index is 1110. The van der Waals surface area contributed by atoms with Crippen molar-refractivity contribution < 1.29 is 0 Å². The molecule has 0 bridgehead atoms. The van der Waals surface area contributed by atoms with E-state index in [0.29, 0.717) is 17.7 Å². The van der Waals surface area contributed by atoms with Crippen LogP contribution in [0.3, 0.4) is 0 Å². The van der Waals surface area contributed by atoms with Crippen LogP contribution >= 0.6 is 0 Å². The summed E-state index contributed by atoms with van der Waals surface area (Å²) < 4.78 is 3.47. The van der Waals surface area contributed by atoms with Gasteiger partial charge in [-0.3, -0.25) is 13.8 Å². The lowest BCUT2D eigenvalue weighted by Gasteiger charge is -2.10. The third-order valence-electron chi connectivity index (χ3n) is 4.28. The van der Waals surface area contributed by atoms with Crippen LogP contribution in [0.1, 0.15) is 11.4 Å². The van der Waals surface area contributed by atoms with Gasteiger partial charge in [-0.15, -0.1) is 10.2 Å². The molecule has 0 amide bonds. The van der Waals surface area contributed by atoms with Gasteiger partial charge < -0.3 is 5.32 Å². The molecule has 0 atom stereocenters. The molecule has 24 heavy (non-hydrogen) atoms. The van der Waals surface area contributed by atoms with E-state index < -0.39 is 0 Å². The summed E-state index contributed by atoms with van der Waals surface area (Å²) in [5, 5.41) is 12.5. The van der Waals surface area contributed by atoms with Gasteiger partial charge in [0.1, 0.15) is 0 Å². The number of aromatic nitrogens is 4. The SMILES string of the molecule is Cc1ccccc1NCc1nnc2n(C)c(=O)c3ccccc3n12. The van der Waals surface area contributed by atoms with Gasteiger partial charge in [-0.25, -0.2) is 0 Å². The van der Waals surface area contributed by atoms with Crippen LogP contribution < -0.4 is 10.9 Å². The summed E-state index contributed by atoms with van der Waals surface area (Å²) in [6, 6.07) is 15.6. The third kappa shape index (κ3) is 2.15. The van der Waals surface area contributed by atoms with Crippen molar-refractivity contribution in [2.24, 2.45) is 7.05 Å². The van der Waals surface area contributed by atoms with Crippen molar-refractivity contribution in [1.82, 2.24) is 19.2 Å². The second-order valence-electron chi connectivity index (χ2n) is 5.80. The van der Waals surface area contributed by atoms with Gasteiger partial charge in [0.25, 0.3) is 5.56 Å². The predicted molar refractivity (Wildman–Crippen MR) is 94.2 cm³/mol. The van der Waals surface area contributed by atoms with Gasteiger partial charge in [0.15, 0.2) is 5.82 Å². The van der Waals surface area contributed by atoms with Crippen molar-refractivity contribution in [2.75, 3.05) is 5.32 Å². The zero-order valence-corrected chi connectivity index (χ0v) is 13.5. The number of benzene rings is 2. The Morgan fingerprint density at radius 3 is 2.62 bits per heavy atom. The van der Waals surface area contributed by atoms with Gasteiger partial charge in [0, 0.05) is 12.7 Å².